The van der Waals surface area contributed by atoms with Crippen LogP contribution < -0.4 is 5.32 Å². The largest absolute Gasteiger partial charge is 0.380 e. The fourth-order valence-corrected chi connectivity index (χ4v) is 1.83. The van der Waals surface area contributed by atoms with Crippen LogP contribution >= 0.6 is 0 Å². The second-order valence-electron chi connectivity index (χ2n) is 4.73. The lowest BCUT2D eigenvalue weighted by molar-refractivity contribution is 0.115. The number of hydrogen-bond acceptors (Lipinski definition) is 3. The van der Waals surface area contributed by atoms with Crippen molar-refractivity contribution in [1.29, 1.82) is 0 Å². The number of nitrogens with one attached hydrogen (secondary N) is 1. The van der Waals surface area contributed by atoms with Crippen molar-refractivity contribution in [3.8, 4) is 5.69 Å². The third-order valence-electron chi connectivity index (χ3n) is 3.24. The molecule has 2 unspecified atom stereocenters. The highest BCUT2D eigenvalue weighted by molar-refractivity contribution is 5.31. The molecule has 0 bridgehead atoms. The molecular weight excluding hydrogens is 238 g/mol. The molecule has 4 nitrogen and oxygen atoms in total. The van der Waals surface area contributed by atoms with Crippen molar-refractivity contribution in [2.24, 2.45) is 0 Å². The Kier molecular flexibility index (Phi) is 4.71. The highest BCUT2D eigenvalue weighted by atomic mass is 16.5. The summed E-state index contributed by atoms with van der Waals surface area (Å²) in [6.07, 6.45) is 4.18. The van der Waals surface area contributed by atoms with E-state index in [-0.39, 0.29) is 12.1 Å². The molecule has 4 heteroatoms. The topological polar surface area (TPSA) is 39.1 Å². The van der Waals surface area contributed by atoms with Crippen LogP contribution in [0.15, 0.2) is 42.7 Å². The SMILES string of the molecule is COC(C)CNC(C)c1cnn(-c2ccccc2)c1. The number of ether oxygens (including phenoxy) is 1. The Morgan fingerprint density at radius 3 is 2.68 bits per heavy atom. The monoisotopic (exact) mass is 259 g/mol. The van der Waals surface area contributed by atoms with Gasteiger partial charge in [0.2, 0.25) is 0 Å². The van der Waals surface area contributed by atoms with Gasteiger partial charge in [0.25, 0.3) is 0 Å². The molecule has 0 saturated carbocycles. The second-order valence-corrected chi connectivity index (χ2v) is 4.73. The van der Waals surface area contributed by atoms with Crippen LogP contribution in [0.3, 0.4) is 0 Å². The van der Waals surface area contributed by atoms with Crippen LogP contribution in [0.5, 0.6) is 0 Å². The summed E-state index contributed by atoms with van der Waals surface area (Å²) in [6.45, 7) is 5.01. The van der Waals surface area contributed by atoms with Crippen molar-refractivity contribution in [3.63, 3.8) is 0 Å². The van der Waals surface area contributed by atoms with Crippen LogP contribution in [0.4, 0.5) is 0 Å². The molecule has 0 saturated heterocycles. The Balaban J connectivity index is 2.01. The normalized spacial score (nSPS) is 14.3. The minimum atomic E-state index is 0.214. The highest BCUT2D eigenvalue weighted by Gasteiger charge is 2.09. The van der Waals surface area contributed by atoms with Crippen molar-refractivity contribution in [3.05, 3.63) is 48.3 Å². The maximum atomic E-state index is 5.23. The highest BCUT2D eigenvalue weighted by Crippen LogP contribution is 2.14. The second kappa shape index (κ2) is 6.50. The van der Waals surface area contributed by atoms with Gasteiger partial charge in [0.15, 0.2) is 0 Å². The zero-order valence-corrected chi connectivity index (χ0v) is 11.7. The predicted molar refractivity (Wildman–Crippen MR) is 76.5 cm³/mol. The van der Waals surface area contributed by atoms with Gasteiger partial charge in [0, 0.05) is 31.5 Å². The summed E-state index contributed by atoms with van der Waals surface area (Å²) in [6, 6.07) is 10.4. The fraction of sp³-hybridized carbons (Fsp3) is 0.400. The molecule has 2 aromatic rings. The van der Waals surface area contributed by atoms with E-state index in [1.807, 2.05) is 48.1 Å². The number of benzene rings is 1. The Morgan fingerprint density at radius 2 is 2.00 bits per heavy atom. The molecular formula is C15H21N3O. The molecule has 0 aliphatic heterocycles. The van der Waals surface area contributed by atoms with E-state index in [9.17, 15) is 0 Å². The van der Waals surface area contributed by atoms with Gasteiger partial charge in [-0.05, 0) is 26.0 Å². The number of hydrogen-bond donors (Lipinski definition) is 1. The smallest absolute Gasteiger partial charge is 0.0667 e. The van der Waals surface area contributed by atoms with E-state index in [1.165, 1.54) is 5.56 Å². The summed E-state index contributed by atoms with van der Waals surface area (Å²) in [4.78, 5) is 0. The van der Waals surface area contributed by atoms with Gasteiger partial charge in [-0.3, -0.25) is 0 Å². The lowest BCUT2D eigenvalue weighted by atomic mass is 10.2. The van der Waals surface area contributed by atoms with Gasteiger partial charge in [-0.2, -0.15) is 5.10 Å². The quantitative estimate of drug-likeness (QED) is 0.866. The maximum Gasteiger partial charge on any atom is 0.0667 e. The van der Waals surface area contributed by atoms with Crippen molar-refractivity contribution in [2.45, 2.75) is 26.0 Å². The average molecular weight is 259 g/mol. The fourth-order valence-electron chi connectivity index (χ4n) is 1.83. The van der Waals surface area contributed by atoms with E-state index >= 15 is 0 Å². The molecule has 0 aliphatic rings. The first kappa shape index (κ1) is 13.8. The van der Waals surface area contributed by atoms with Crippen molar-refractivity contribution < 1.29 is 4.74 Å². The Morgan fingerprint density at radius 1 is 1.26 bits per heavy atom. The number of methoxy groups -OCH3 is 1. The van der Waals surface area contributed by atoms with E-state index in [0.29, 0.717) is 0 Å². The molecule has 0 aliphatic carbocycles. The summed E-state index contributed by atoms with van der Waals surface area (Å²) in [5, 5.41) is 7.84. The first-order valence-electron chi connectivity index (χ1n) is 6.57. The Hall–Kier alpha value is -1.65. The first-order chi connectivity index (χ1) is 9.20. The van der Waals surface area contributed by atoms with E-state index < -0.39 is 0 Å². The maximum absolute atomic E-state index is 5.23. The Bertz CT molecular complexity index is 495. The predicted octanol–water partition coefficient (Wildman–Crippen LogP) is 2.56. The standard InChI is InChI=1S/C15H21N3O/c1-12(19-3)9-16-13(2)14-10-17-18(11-14)15-7-5-4-6-8-15/h4-8,10-13,16H,9H2,1-3H3. The third kappa shape index (κ3) is 3.66. The third-order valence-corrected chi connectivity index (χ3v) is 3.24. The van der Waals surface area contributed by atoms with Gasteiger partial charge >= 0.3 is 0 Å². The molecule has 0 amide bonds. The molecule has 1 aromatic heterocycles. The van der Waals surface area contributed by atoms with Crippen LogP contribution in [-0.2, 0) is 4.74 Å². The zero-order valence-electron chi connectivity index (χ0n) is 11.7. The molecule has 19 heavy (non-hydrogen) atoms. The molecule has 0 radical (unpaired) electrons. The minimum absolute atomic E-state index is 0.214. The van der Waals surface area contributed by atoms with Gasteiger partial charge in [0.1, 0.15) is 0 Å². The van der Waals surface area contributed by atoms with Crippen LogP contribution in [0.1, 0.15) is 25.5 Å². The van der Waals surface area contributed by atoms with E-state index in [4.69, 9.17) is 4.74 Å². The molecule has 2 rings (SSSR count). The van der Waals surface area contributed by atoms with Crippen LogP contribution in [0.2, 0.25) is 0 Å². The average Bonchev–Trinajstić information content (AvgIpc) is 2.95. The first-order valence-corrected chi connectivity index (χ1v) is 6.57. The Labute approximate surface area is 114 Å². The molecule has 0 spiro atoms. The molecule has 1 aromatic carbocycles. The summed E-state index contributed by atoms with van der Waals surface area (Å²) in [5.41, 5.74) is 2.25. The zero-order chi connectivity index (χ0) is 13.7. The van der Waals surface area contributed by atoms with Crippen molar-refractivity contribution in [2.75, 3.05) is 13.7 Å². The number of para-hydroxylation sites is 1. The van der Waals surface area contributed by atoms with Gasteiger partial charge in [0.05, 0.1) is 18.0 Å². The van der Waals surface area contributed by atoms with Crippen molar-refractivity contribution in [1.82, 2.24) is 15.1 Å². The summed E-state index contributed by atoms with van der Waals surface area (Å²) in [7, 11) is 1.73. The molecule has 2 atom stereocenters. The van der Waals surface area contributed by atoms with Crippen LogP contribution in [0.25, 0.3) is 5.69 Å². The van der Waals surface area contributed by atoms with E-state index in [2.05, 4.69) is 23.5 Å². The van der Waals surface area contributed by atoms with Gasteiger partial charge in [-0.25, -0.2) is 4.68 Å². The number of rotatable bonds is 6. The minimum Gasteiger partial charge on any atom is -0.380 e. The number of nitrogens with zero attached hydrogens (tertiary/aromatic N) is 2. The van der Waals surface area contributed by atoms with Gasteiger partial charge < -0.3 is 10.1 Å². The lowest BCUT2D eigenvalue weighted by Gasteiger charge is -2.15. The molecule has 1 N–H and O–H groups in total. The van der Waals surface area contributed by atoms with E-state index in [0.717, 1.165) is 12.2 Å². The van der Waals surface area contributed by atoms with Gasteiger partial charge in [-0.1, -0.05) is 18.2 Å². The van der Waals surface area contributed by atoms with Gasteiger partial charge in [-0.15, -0.1) is 0 Å². The molecule has 0 fully saturated rings. The van der Waals surface area contributed by atoms with E-state index in [1.54, 1.807) is 7.11 Å². The number of aromatic nitrogens is 2. The summed E-state index contributed by atoms with van der Waals surface area (Å²) in [5.74, 6) is 0. The lowest BCUT2D eigenvalue weighted by Crippen LogP contribution is -2.28. The molecule has 102 valence electrons. The summed E-state index contributed by atoms with van der Waals surface area (Å²) < 4.78 is 7.12. The van der Waals surface area contributed by atoms with Crippen LogP contribution in [0, 0.1) is 0 Å². The summed E-state index contributed by atoms with van der Waals surface area (Å²) >= 11 is 0. The van der Waals surface area contributed by atoms with Crippen molar-refractivity contribution >= 4 is 0 Å². The van der Waals surface area contributed by atoms with Crippen LogP contribution in [-0.4, -0.2) is 29.5 Å². The molecule has 1 heterocycles.